The Bertz CT molecular complexity index is 656. The molecule has 2 aromatic carbocycles. The van der Waals surface area contributed by atoms with Crippen molar-refractivity contribution in [2.75, 3.05) is 14.1 Å². The summed E-state index contributed by atoms with van der Waals surface area (Å²) in [6.07, 6.45) is 0. The van der Waals surface area contributed by atoms with Gasteiger partial charge in [0.1, 0.15) is 12.4 Å². The van der Waals surface area contributed by atoms with Crippen LogP contribution in [-0.2, 0) is 13.1 Å². The number of carbonyl (C=O) groups excluding carboxylic acids is 1. The topological polar surface area (TPSA) is 33.5 Å². The molecule has 0 spiro atoms. The molecule has 0 aliphatic heterocycles. The van der Waals surface area contributed by atoms with Gasteiger partial charge in [0, 0.05) is 17.1 Å². The normalized spacial score (nSPS) is 10.8. The van der Waals surface area contributed by atoms with Crippen LogP contribution in [0.15, 0.2) is 42.5 Å². The standard InChI is InChI=1S/C17H18ClFN2O/c1-21(2)11-13-5-3-12(4-6-13)10-20-17(22)15-9-14(18)7-8-16(15)19/h3-9H,10-11H2,1-2H3,(H,20,22)/p+1. The maximum atomic E-state index is 13.6. The zero-order valence-electron chi connectivity index (χ0n) is 12.6. The number of hydrogen-bond acceptors (Lipinski definition) is 1. The summed E-state index contributed by atoms with van der Waals surface area (Å²) in [5.41, 5.74) is 2.16. The molecule has 0 aliphatic rings. The van der Waals surface area contributed by atoms with Gasteiger partial charge in [-0.05, 0) is 23.8 Å². The first-order chi connectivity index (χ1) is 10.5. The third-order valence-corrected chi connectivity index (χ3v) is 3.44. The molecule has 0 aromatic heterocycles. The zero-order valence-corrected chi connectivity index (χ0v) is 13.4. The van der Waals surface area contributed by atoms with Crippen LogP contribution in [-0.4, -0.2) is 20.0 Å². The van der Waals surface area contributed by atoms with Crippen LogP contribution in [0, 0.1) is 5.82 Å². The average molecular weight is 322 g/mol. The van der Waals surface area contributed by atoms with Crippen molar-refractivity contribution >= 4 is 17.5 Å². The minimum absolute atomic E-state index is 0.0414. The Hall–Kier alpha value is -1.91. The number of halogens is 2. The van der Waals surface area contributed by atoms with Gasteiger partial charge in [0.2, 0.25) is 0 Å². The lowest BCUT2D eigenvalue weighted by atomic mass is 10.1. The molecule has 0 bridgehead atoms. The van der Waals surface area contributed by atoms with E-state index in [1.165, 1.54) is 28.7 Å². The number of quaternary nitrogens is 1. The highest BCUT2D eigenvalue weighted by Crippen LogP contribution is 2.15. The molecule has 3 nitrogen and oxygen atoms in total. The van der Waals surface area contributed by atoms with E-state index in [1.807, 2.05) is 24.3 Å². The first-order valence-corrected chi connectivity index (χ1v) is 7.43. The van der Waals surface area contributed by atoms with Crippen LogP contribution in [0.3, 0.4) is 0 Å². The van der Waals surface area contributed by atoms with E-state index in [-0.39, 0.29) is 5.56 Å². The van der Waals surface area contributed by atoms with Crippen molar-refractivity contribution in [3.05, 3.63) is 70.0 Å². The van der Waals surface area contributed by atoms with Gasteiger partial charge in [0.05, 0.1) is 19.7 Å². The lowest BCUT2D eigenvalue weighted by molar-refractivity contribution is -0.872. The van der Waals surface area contributed by atoms with Gasteiger partial charge in [0.25, 0.3) is 5.91 Å². The molecular weight excluding hydrogens is 303 g/mol. The Kier molecular flexibility index (Phi) is 5.52. The third kappa shape index (κ3) is 4.55. The molecular formula is C17H19ClFN2O+. The summed E-state index contributed by atoms with van der Waals surface area (Å²) in [5, 5.41) is 3.04. The second kappa shape index (κ2) is 7.38. The van der Waals surface area contributed by atoms with Crippen molar-refractivity contribution < 1.29 is 14.1 Å². The minimum atomic E-state index is -0.578. The van der Waals surface area contributed by atoms with E-state index in [1.54, 1.807) is 0 Å². The summed E-state index contributed by atoms with van der Waals surface area (Å²) in [6, 6.07) is 11.9. The summed E-state index contributed by atoms with van der Waals surface area (Å²) in [4.78, 5) is 13.3. The summed E-state index contributed by atoms with van der Waals surface area (Å²) in [6.45, 7) is 1.29. The van der Waals surface area contributed by atoms with Crippen LogP contribution in [0.25, 0.3) is 0 Å². The smallest absolute Gasteiger partial charge is 0.254 e. The molecule has 0 unspecified atom stereocenters. The average Bonchev–Trinajstić information content (AvgIpc) is 2.48. The molecule has 0 saturated heterocycles. The quantitative estimate of drug-likeness (QED) is 0.868. The highest BCUT2D eigenvalue weighted by Gasteiger charge is 2.11. The van der Waals surface area contributed by atoms with Gasteiger partial charge in [-0.3, -0.25) is 4.79 Å². The molecule has 2 aromatic rings. The largest absolute Gasteiger partial charge is 0.348 e. The fourth-order valence-corrected chi connectivity index (χ4v) is 2.30. The van der Waals surface area contributed by atoms with E-state index in [9.17, 15) is 9.18 Å². The van der Waals surface area contributed by atoms with Gasteiger partial charge >= 0.3 is 0 Å². The Morgan fingerprint density at radius 3 is 2.41 bits per heavy atom. The van der Waals surface area contributed by atoms with Crippen molar-refractivity contribution in [2.45, 2.75) is 13.1 Å². The summed E-state index contributed by atoms with van der Waals surface area (Å²) in [7, 11) is 4.18. The van der Waals surface area contributed by atoms with E-state index in [0.717, 1.165) is 12.1 Å². The molecule has 2 N–H and O–H groups in total. The van der Waals surface area contributed by atoms with E-state index in [2.05, 4.69) is 19.4 Å². The van der Waals surface area contributed by atoms with Gasteiger partial charge in [-0.2, -0.15) is 0 Å². The lowest BCUT2D eigenvalue weighted by Crippen LogP contribution is -3.04. The number of benzene rings is 2. The Labute approximate surface area is 134 Å². The molecule has 1 amide bonds. The van der Waals surface area contributed by atoms with Gasteiger partial charge in [-0.25, -0.2) is 4.39 Å². The van der Waals surface area contributed by atoms with Crippen LogP contribution in [0.2, 0.25) is 5.02 Å². The highest BCUT2D eigenvalue weighted by atomic mass is 35.5. The molecule has 0 saturated carbocycles. The van der Waals surface area contributed by atoms with Crippen LogP contribution in [0.1, 0.15) is 21.5 Å². The van der Waals surface area contributed by atoms with Crippen molar-refractivity contribution in [3.8, 4) is 0 Å². The Morgan fingerprint density at radius 1 is 1.14 bits per heavy atom. The fourth-order valence-electron chi connectivity index (χ4n) is 2.13. The fraction of sp³-hybridized carbons (Fsp3) is 0.235. The van der Waals surface area contributed by atoms with E-state index in [4.69, 9.17) is 11.6 Å². The zero-order chi connectivity index (χ0) is 16.1. The molecule has 22 heavy (non-hydrogen) atoms. The van der Waals surface area contributed by atoms with Gasteiger partial charge in [-0.1, -0.05) is 35.9 Å². The van der Waals surface area contributed by atoms with E-state index >= 15 is 0 Å². The molecule has 5 heteroatoms. The summed E-state index contributed by atoms with van der Waals surface area (Å²) in [5.74, 6) is -1.05. The molecule has 0 heterocycles. The Morgan fingerprint density at radius 2 is 1.77 bits per heavy atom. The van der Waals surface area contributed by atoms with E-state index in [0.29, 0.717) is 11.6 Å². The van der Waals surface area contributed by atoms with E-state index < -0.39 is 11.7 Å². The summed E-state index contributed by atoms with van der Waals surface area (Å²) >= 11 is 5.79. The number of amides is 1. The number of nitrogens with one attached hydrogen (secondary N) is 2. The molecule has 0 fully saturated rings. The minimum Gasteiger partial charge on any atom is -0.348 e. The SMILES string of the molecule is C[NH+](C)Cc1ccc(CNC(=O)c2cc(Cl)ccc2F)cc1. The van der Waals surface area contributed by atoms with Crippen LogP contribution in [0.5, 0.6) is 0 Å². The predicted molar refractivity (Wildman–Crippen MR) is 85.5 cm³/mol. The molecule has 2 rings (SSSR count). The number of carbonyl (C=O) groups is 1. The second-order valence-corrected chi connectivity index (χ2v) is 5.94. The lowest BCUT2D eigenvalue weighted by Gasteiger charge is -2.09. The predicted octanol–water partition coefficient (Wildman–Crippen LogP) is 2.05. The number of hydrogen-bond donors (Lipinski definition) is 2. The molecule has 0 radical (unpaired) electrons. The maximum Gasteiger partial charge on any atom is 0.254 e. The highest BCUT2D eigenvalue weighted by molar-refractivity contribution is 6.30. The van der Waals surface area contributed by atoms with Gasteiger partial charge in [-0.15, -0.1) is 0 Å². The van der Waals surface area contributed by atoms with Crippen molar-refractivity contribution in [1.29, 1.82) is 0 Å². The van der Waals surface area contributed by atoms with Crippen LogP contribution < -0.4 is 10.2 Å². The monoisotopic (exact) mass is 321 g/mol. The van der Waals surface area contributed by atoms with Crippen LogP contribution in [0.4, 0.5) is 4.39 Å². The van der Waals surface area contributed by atoms with Gasteiger partial charge < -0.3 is 10.2 Å². The third-order valence-electron chi connectivity index (χ3n) is 3.21. The molecule has 0 atom stereocenters. The Balaban J connectivity index is 1.97. The van der Waals surface area contributed by atoms with Gasteiger partial charge in [0.15, 0.2) is 0 Å². The second-order valence-electron chi connectivity index (χ2n) is 5.51. The van der Waals surface area contributed by atoms with Crippen molar-refractivity contribution in [3.63, 3.8) is 0 Å². The molecule has 116 valence electrons. The van der Waals surface area contributed by atoms with Crippen LogP contribution >= 0.6 is 11.6 Å². The van der Waals surface area contributed by atoms with Crippen molar-refractivity contribution in [1.82, 2.24) is 5.32 Å². The first kappa shape index (κ1) is 16.5. The number of rotatable bonds is 5. The molecule has 0 aliphatic carbocycles. The maximum absolute atomic E-state index is 13.6. The van der Waals surface area contributed by atoms with Crippen molar-refractivity contribution in [2.24, 2.45) is 0 Å². The first-order valence-electron chi connectivity index (χ1n) is 7.06. The summed E-state index contributed by atoms with van der Waals surface area (Å²) < 4.78 is 13.6.